The molecular weight excluding hydrogens is 202 g/mol. The highest BCUT2D eigenvalue weighted by molar-refractivity contribution is 5.48. The molecule has 1 rings (SSSR count). The first-order valence-electron chi connectivity index (χ1n) is 5.23. The number of nitrogens with one attached hydrogen (secondary N) is 1. The molecule has 5 nitrogen and oxygen atoms in total. The van der Waals surface area contributed by atoms with E-state index in [1.54, 1.807) is 6.20 Å². The van der Waals surface area contributed by atoms with E-state index in [0.29, 0.717) is 24.0 Å². The lowest BCUT2D eigenvalue weighted by molar-refractivity contribution is 0.381. The van der Waals surface area contributed by atoms with E-state index in [-0.39, 0.29) is 5.54 Å². The third kappa shape index (κ3) is 2.47. The van der Waals surface area contributed by atoms with Gasteiger partial charge in [0.25, 0.3) is 0 Å². The maximum Gasteiger partial charge on any atom is 0.182 e. The Morgan fingerprint density at radius 1 is 1.50 bits per heavy atom. The second-order valence-electron chi connectivity index (χ2n) is 4.27. The maximum atomic E-state index is 8.90. The van der Waals surface area contributed by atoms with Crippen LogP contribution in [0.2, 0.25) is 0 Å². The topological polar surface area (TPSA) is 87.6 Å². The van der Waals surface area contributed by atoms with Crippen molar-refractivity contribution >= 4 is 5.82 Å². The van der Waals surface area contributed by atoms with E-state index in [9.17, 15) is 0 Å². The minimum absolute atomic E-state index is 0.290. The lowest BCUT2D eigenvalue weighted by Gasteiger charge is -2.34. The van der Waals surface area contributed by atoms with E-state index >= 15 is 0 Å². The number of hydrogen-bond acceptors (Lipinski definition) is 5. The van der Waals surface area contributed by atoms with Crippen molar-refractivity contribution in [2.24, 2.45) is 11.7 Å². The van der Waals surface area contributed by atoms with Crippen molar-refractivity contribution in [3.05, 3.63) is 18.1 Å². The molecule has 0 fully saturated rings. The molecule has 1 heterocycles. The van der Waals surface area contributed by atoms with Crippen LogP contribution in [0.3, 0.4) is 0 Å². The van der Waals surface area contributed by atoms with Gasteiger partial charge in [0.2, 0.25) is 0 Å². The van der Waals surface area contributed by atoms with Gasteiger partial charge in [0, 0.05) is 18.9 Å². The zero-order valence-corrected chi connectivity index (χ0v) is 9.86. The molecule has 0 aliphatic heterocycles. The highest BCUT2D eigenvalue weighted by Crippen LogP contribution is 2.21. The summed E-state index contributed by atoms with van der Waals surface area (Å²) >= 11 is 0. The van der Waals surface area contributed by atoms with E-state index in [2.05, 4.69) is 29.1 Å². The SMILES string of the molecule is CC(C)C(C)(CN)Nc1nccnc1C#N. The second-order valence-corrected chi connectivity index (χ2v) is 4.27. The molecule has 3 N–H and O–H groups in total. The molecule has 16 heavy (non-hydrogen) atoms. The second kappa shape index (κ2) is 4.90. The highest BCUT2D eigenvalue weighted by Gasteiger charge is 2.27. The van der Waals surface area contributed by atoms with Crippen LogP contribution in [-0.4, -0.2) is 22.1 Å². The summed E-state index contributed by atoms with van der Waals surface area (Å²) in [7, 11) is 0. The van der Waals surface area contributed by atoms with E-state index in [0.717, 1.165) is 0 Å². The number of rotatable bonds is 4. The number of anilines is 1. The lowest BCUT2D eigenvalue weighted by Crippen LogP contribution is -2.47. The van der Waals surface area contributed by atoms with Gasteiger partial charge in [-0.15, -0.1) is 0 Å². The molecule has 0 radical (unpaired) electrons. The molecular formula is C11H17N5. The van der Waals surface area contributed by atoms with E-state index in [4.69, 9.17) is 11.0 Å². The summed E-state index contributed by atoms with van der Waals surface area (Å²) in [6.07, 6.45) is 3.05. The van der Waals surface area contributed by atoms with Crippen LogP contribution < -0.4 is 11.1 Å². The minimum Gasteiger partial charge on any atom is -0.361 e. The van der Waals surface area contributed by atoms with Gasteiger partial charge in [-0.05, 0) is 12.8 Å². The molecule has 1 atom stereocenters. The first kappa shape index (κ1) is 12.4. The van der Waals surface area contributed by atoms with Crippen LogP contribution in [0, 0.1) is 17.2 Å². The Hall–Kier alpha value is -1.67. The number of nitrogens with two attached hydrogens (primary N) is 1. The molecule has 0 saturated carbocycles. The van der Waals surface area contributed by atoms with E-state index < -0.39 is 0 Å². The van der Waals surface area contributed by atoms with Gasteiger partial charge < -0.3 is 11.1 Å². The quantitative estimate of drug-likeness (QED) is 0.792. The molecule has 0 bridgehead atoms. The van der Waals surface area contributed by atoms with Gasteiger partial charge in [0.1, 0.15) is 6.07 Å². The Bertz CT molecular complexity index is 396. The predicted octanol–water partition coefficient (Wildman–Crippen LogP) is 1.13. The van der Waals surface area contributed by atoms with Gasteiger partial charge in [-0.2, -0.15) is 5.26 Å². The van der Waals surface area contributed by atoms with Crippen LogP contribution in [0.1, 0.15) is 26.5 Å². The zero-order chi connectivity index (χ0) is 12.2. The fraction of sp³-hybridized carbons (Fsp3) is 0.545. The first-order valence-corrected chi connectivity index (χ1v) is 5.23. The number of hydrogen-bond donors (Lipinski definition) is 2. The van der Waals surface area contributed by atoms with Crippen LogP contribution >= 0.6 is 0 Å². The Labute approximate surface area is 95.7 Å². The summed E-state index contributed by atoms with van der Waals surface area (Å²) in [5.41, 5.74) is 5.76. The number of aromatic nitrogens is 2. The third-order valence-electron chi connectivity index (χ3n) is 2.91. The molecule has 5 heteroatoms. The zero-order valence-electron chi connectivity index (χ0n) is 9.86. The summed E-state index contributed by atoms with van der Waals surface area (Å²) in [5.74, 6) is 0.817. The van der Waals surface area contributed by atoms with Crippen LogP contribution in [0.15, 0.2) is 12.4 Å². The van der Waals surface area contributed by atoms with Crippen LogP contribution in [0.25, 0.3) is 0 Å². The molecule has 1 aromatic heterocycles. The molecule has 0 saturated heterocycles. The van der Waals surface area contributed by atoms with Crippen LogP contribution in [0.5, 0.6) is 0 Å². The Kier molecular flexibility index (Phi) is 3.80. The standard InChI is InChI=1S/C11H17N5/c1-8(2)11(3,7-13)16-10-9(6-12)14-4-5-15-10/h4-5,8H,7,13H2,1-3H3,(H,15,16). The first-order chi connectivity index (χ1) is 7.53. The third-order valence-corrected chi connectivity index (χ3v) is 2.91. The monoisotopic (exact) mass is 219 g/mol. The normalized spacial score (nSPS) is 14.2. The Morgan fingerprint density at radius 3 is 2.62 bits per heavy atom. The van der Waals surface area contributed by atoms with E-state index in [1.807, 2.05) is 13.0 Å². The summed E-state index contributed by atoms with van der Waals surface area (Å²) in [6, 6.07) is 2.00. The van der Waals surface area contributed by atoms with Crippen molar-refractivity contribution < 1.29 is 0 Å². The lowest BCUT2D eigenvalue weighted by atomic mass is 9.88. The summed E-state index contributed by atoms with van der Waals surface area (Å²) in [5, 5.41) is 12.1. The van der Waals surface area contributed by atoms with Crippen molar-refractivity contribution in [2.75, 3.05) is 11.9 Å². The summed E-state index contributed by atoms with van der Waals surface area (Å²) in [6.45, 7) is 6.62. The fourth-order valence-electron chi connectivity index (χ4n) is 1.21. The molecule has 86 valence electrons. The molecule has 0 amide bonds. The predicted molar refractivity (Wildman–Crippen MR) is 62.7 cm³/mol. The van der Waals surface area contributed by atoms with E-state index in [1.165, 1.54) is 6.20 Å². The molecule has 0 spiro atoms. The van der Waals surface area contributed by atoms with Gasteiger partial charge in [-0.1, -0.05) is 13.8 Å². The summed E-state index contributed by atoms with van der Waals surface area (Å²) in [4.78, 5) is 8.06. The minimum atomic E-state index is -0.290. The largest absolute Gasteiger partial charge is 0.361 e. The van der Waals surface area contributed by atoms with Crippen molar-refractivity contribution in [1.82, 2.24) is 9.97 Å². The van der Waals surface area contributed by atoms with Crippen molar-refractivity contribution in [1.29, 1.82) is 5.26 Å². The number of nitriles is 1. The highest BCUT2D eigenvalue weighted by atomic mass is 15.1. The van der Waals surface area contributed by atoms with Crippen LogP contribution in [-0.2, 0) is 0 Å². The molecule has 0 aliphatic carbocycles. The Morgan fingerprint density at radius 2 is 2.12 bits per heavy atom. The molecule has 1 aromatic rings. The molecule has 0 aliphatic rings. The van der Waals surface area contributed by atoms with Gasteiger partial charge in [-0.25, -0.2) is 9.97 Å². The van der Waals surface area contributed by atoms with Crippen molar-refractivity contribution in [2.45, 2.75) is 26.3 Å². The average molecular weight is 219 g/mol. The average Bonchev–Trinajstić information content (AvgIpc) is 2.29. The summed E-state index contributed by atoms with van der Waals surface area (Å²) < 4.78 is 0. The molecule has 0 aromatic carbocycles. The van der Waals surface area contributed by atoms with Crippen LogP contribution in [0.4, 0.5) is 5.82 Å². The fourth-order valence-corrected chi connectivity index (χ4v) is 1.21. The van der Waals surface area contributed by atoms with Crippen molar-refractivity contribution in [3.63, 3.8) is 0 Å². The van der Waals surface area contributed by atoms with Gasteiger partial charge in [0.15, 0.2) is 11.5 Å². The maximum absolute atomic E-state index is 8.90. The molecule has 1 unspecified atom stereocenters. The number of nitrogens with zero attached hydrogens (tertiary/aromatic N) is 3. The van der Waals surface area contributed by atoms with Gasteiger partial charge in [-0.3, -0.25) is 0 Å². The Balaban J connectivity index is 3.00. The van der Waals surface area contributed by atoms with Gasteiger partial charge in [0.05, 0.1) is 5.54 Å². The van der Waals surface area contributed by atoms with Crippen molar-refractivity contribution in [3.8, 4) is 6.07 Å². The smallest absolute Gasteiger partial charge is 0.182 e. The van der Waals surface area contributed by atoms with Gasteiger partial charge >= 0.3 is 0 Å².